The zero-order chi connectivity index (χ0) is 17.8. The largest absolute Gasteiger partial charge is 0.507 e. The van der Waals surface area contributed by atoms with Gasteiger partial charge in [-0.15, -0.1) is 0 Å². The van der Waals surface area contributed by atoms with Gasteiger partial charge in [-0.1, -0.05) is 23.7 Å². The van der Waals surface area contributed by atoms with E-state index in [1.54, 1.807) is 19.2 Å². The Morgan fingerprint density at radius 3 is 2.80 bits per heavy atom. The van der Waals surface area contributed by atoms with Crippen molar-refractivity contribution in [1.82, 2.24) is 14.9 Å². The van der Waals surface area contributed by atoms with Crippen molar-refractivity contribution >= 4 is 30.0 Å². The second kappa shape index (κ2) is 7.50. The fourth-order valence-electron chi connectivity index (χ4n) is 2.23. The van der Waals surface area contributed by atoms with E-state index in [0.29, 0.717) is 27.6 Å². The summed E-state index contributed by atoms with van der Waals surface area (Å²) in [6, 6.07) is 12.4. The number of rotatable bonds is 5. The summed E-state index contributed by atoms with van der Waals surface area (Å²) < 4.78 is 7.03. The first kappa shape index (κ1) is 17.2. The molecule has 1 aromatic heterocycles. The van der Waals surface area contributed by atoms with E-state index in [1.165, 1.54) is 17.0 Å². The second-order valence-electron chi connectivity index (χ2n) is 5.23. The minimum Gasteiger partial charge on any atom is -0.507 e. The number of halogens is 1. The van der Waals surface area contributed by atoms with E-state index in [2.05, 4.69) is 15.3 Å². The Labute approximate surface area is 154 Å². The standard InChI is InChI=1S/C17H15ClN4O2S/c1-24-14-5-2-11(3-6-14)8-16-20-21-17(25)22(16)19-10-12-9-13(18)4-7-15(12)23/h2-7,9-10,23H,8H2,1H3,(H,21,25)/b19-10+. The Hall–Kier alpha value is -2.64. The zero-order valence-corrected chi connectivity index (χ0v) is 14.9. The van der Waals surface area contributed by atoms with Crippen LogP contribution in [-0.2, 0) is 6.42 Å². The monoisotopic (exact) mass is 374 g/mol. The molecule has 0 aliphatic carbocycles. The summed E-state index contributed by atoms with van der Waals surface area (Å²) >= 11 is 11.2. The molecule has 3 aromatic rings. The van der Waals surface area contributed by atoms with Gasteiger partial charge in [0, 0.05) is 17.0 Å². The molecule has 0 atom stereocenters. The first-order valence-corrected chi connectivity index (χ1v) is 8.17. The van der Waals surface area contributed by atoms with Crippen LogP contribution in [0.3, 0.4) is 0 Å². The van der Waals surface area contributed by atoms with Gasteiger partial charge in [0.1, 0.15) is 11.5 Å². The van der Waals surface area contributed by atoms with Crippen molar-refractivity contribution in [2.24, 2.45) is 5.10 Å². The Bertz CT molecular complexity index is 964. The number of aromatic hydroxyl groups is 1. The van der Waals surface area contributed by atoms with Crippen molar-refractivity contribution in [3.63, 3.8) is 0 Å². The lowest BCUT2D eigenvalue weighted by Crippen LogP contribution is -2.00. The van der Waals surface area contributed by atoms with Gasteiger partial charge < -0.3 is 9.84 Å². The Balaban J connectivity index is 1.87. The number of methoxy groups -OCH3 is 1. The van der Waals surface area contributed by atoms with Gasteiger partial charge in [0.25, 0.3) is 0 Å². The van der Waals surface area contributed by atoms with Gasteiger partial charge in [0.05, 0.1) is 13.3 Å². The molecule has 3 rings (SSSR count). The van der Waals surface area contributed by atoms with Crippen molar-refractivity contribution < 1.29 is 9.84 Å². The zero-order valence-electron chi connectivity index (χ0n) is 13.3. The van der Waals surface area contributed by atoms with Crippen molar-refractivity contribution in [2.45, 2.75) is 6.42 Å². The first-order valence-electron chi connectivity index (χ1n) is 7.39. The molecule has 25 heavy (non-hydrogen) atoms. The number of H-pyrrole nitrogens is 1. The maximum atomic E-state index is 9.87. The molecule has 6 nitrogen and oxygen atoms in total. The Morgan fingerprint density at radius 1 is 1.32 bits per heavy atom. The lowest BCUT2D eigenvalue weighted by atomic mass is 10.1. The Kier molecular flexibility index (Phi) is 5.16. The van der Waals surface area contributed by atoms with E-state index in [0.717, 1.165) is 11.3 Å². The van der Waals surface area contributed by atoms with E-state index in [1.807, 2.05) is 24.3 Å². The number of ether oxygens (including phenoxy) is 1. The molecule has 0 aliphatic rings. The smallest absolute Gasteiger partial charge is 0.216 e. The molecule has 128 valence electrons. The van der Waals surface area contributed by atoms with E-state index < -0.39 is 0 Å². The van der Waals surface area contributed by atoms with Gasteiger partial charge in [-0.05, 0) is 48.1 Å². The normalized spacial score (nSPS) is 11.1. The number of hydrogen-bond donors (Lipinski definition) is 2. The summed E-state index contributed by atoms with van der Waals surface area (Å²) in [6.45, 7) is 0. The van der Waals surface area contributed by atoms with E-state index in [9.17, 15) is 5.11 Å². The van der Waals surface area contributed by atoms with Gasteiger partial charge in [0.2, 0.25) is 4.77 Å². The van der Waals surface area contributed by atoms with Gasteiger partial charge in [-0.2, -0.15) is 14.9 Å². The lowest BCUT2D eigenvalue weighted by Gasteiger charge is -2.04. The highest BCUT2D eigenvalue weighted by Crippen LogP contribution is 2.20. The van der Waals surface area contributed by atoms with Crippen LogP contribution < -0.4 is 4.74 Å². The third-order valence-electron chi connectivity index (χ3n) is 3.54. The van der Waals surface area contributed by atoms with Gasteiger partial charge in [-0.3, -0.25) is 5.10 Å². The average Bonchev–Trinajstić information content (AvgIpc) is 2.96. The number of aromatic nitrogens is 3. The number of hydrogen-bond acceptors (Lipinski definition) is 5. The summed E-state index contributed by atoms with van der Waals surface area (Å²) in [4.78, 5) is 0. The molecule has 0 amide bonds. The quantitative estimate of drug-likeness (QED) is 0.526. The average molecular weight is 375 g/mol. The topological polar surface area (TPSA) is 75.4 Å². The van der Waals surface area contributed by atoms with E-state index in [-0.39, 0.29) is 5.75 Å². The van der Waals surface area contributed by atoms with Gasteiger partial charge in [-0.25, -0.2) is 0 Å². The molecule has 0 saturated carbocycles. The van der Waals surface area contributed by atoms with E-state index >= 15 is 0 Å². The highest BCUT2D eigenvalue weighted by Gasteiger charge is 2.07. The van der Waals surface area contributed by atoms with Crippen LogP contribution in [0.1, 0.15) is 17.0 Å². The van der Waals surface area contributed by atoms with Crippen molar-refractivity contribution in [1.29, 1.82) is 0 Å². The first-order chi connectivity index (χ1) is 12.1. The summed E-state index contributed by atoms with van der Waals surface area (Å²) in [7, 11) is 1.63. The molecular formula is C17H15ClN4O2S. The number of phenols is 1. The molecule has 0 bridgehead atoms. The fraction of sp³-hybridized carbons (Fsp3) is 0.118. The molecule has 0 radical (unpaired) electrons. The van der Waals surface area contributed by atoms with Crippen LogP contribution in [0.5, 0.6) is 11.5 Å². The third-order valence-corrected chi connectivity index (χ3v) is 4.04. The summed E-state index contributed by atoms with van der Waals surface area (Å²) in [5.41, 5.74) is 1.53. The third kappa shape index (κ3) is 4.07. The molecule has 8 heteroatoms. The van der Waals surface area contributed by atoms with Crippen LogP contribution in [0, 0.1) is 4.77 Å². The Morgan fingerprint density at radius 2 is 2.08 bits per heavy atom. The van der Waals surface area contributed by atoms with Gasteiger partial charge in [0.15, 0.2) is 5.82 Å². The maximum absolute atomic E-state index is 9.87. The van der Waals surface area contributed by atoms with Crippen molar-refractivity contribution in [2.75, 3.05) is 7.11 Å². The van der Waals surface area contributed by atoms with Crippen LogP contribution in [-0.4, -0.2) is 33.3 Å². The molecule has 0 aliphatic heterocycles. The van der Waals surface area contributed by atoms with Crippen LogP contribution in [0.15, 0.2) is 47.6 Å². The second-order valence-corrected chi connectivity index (χ2v) is 6.05. The predicted octanol–water partition coefficient (Wildman–Crippen LogP) is 3.78. The number of benzene rings is 2. The molecule has 0 spiro atoms. The highest BCUT2D eigenvalue weighted by molar-refractivity contribution is 7.71. The molecule has 0 fully saturated rings. The van der Waals surface area contributed by atoms with Crippen molar-refractivity contribution in [3.05, 3.63) is 69.2 Å². The number of nitrogens with zero attached hydrogens (tertiary/aromatic N) is 3. The summed E-state index contributed by atoms with van der Waals surface area (Å²) in [5, 5.41) is 21.6. The molecule has 0 saturated heterocycles. The van der Waals surface area contributed by atoms with Gasteiger partial charge >= 0.3 is 0 Å². The number of phenolic OH excluding ortho intramolecular Hbond substituents is 1. The fourth-order valence-corrected chi connectivity index (χ4v) is 2.61. The van der Waals surface area contributed by atoms with Crippen LogP contribution in [0.2, 0.25) is 5.02 Å². The number of aromatic amines is 1. The maximum Gasteiger partial charge on any atom is 0.216 e. The minimum absolute atomic E-state index is 0.0832. The summed E-state index contributed by atoms with van der Waals surface area (Å²) in [5.74, 6) is 1.52. The molecule has 1 heterocycles. The van der Waals surface area contributed by atoms with Crippen LogP contribution in [0.4, 0.5) is 0 Å². The SMILES string of the molecule is COc1ccc(Cc2n[nH]c(=S)n2/N=C/c2cc(Cl)ccc2O)cc1. The van der Waals surface area contributed by atoms with Crippen molar-refractivity contribution in [3.8, 4) is 11.5 Å². The highest BCUT2D eigenvalue weighted by atomic mass is 35.5. The van der Waals surface area contributed by atoms with Crippen LogP contribution >= 0.6 is 23.8 Å². The predicted molar refractivity (Wildman–Crippen MR) is 99.3 cm³/mol. The molecule has 2 N–H and O–H groups in total. The minimum atomic E-state index is 0.0832. The lowest BCUT2D eigenvalue weighted by molar-refractivity contribution is 0.414. The number of nitrogens with one attached hydrogen (secondary N) is 1. The molecular weight excluding hydrogens is 360 g/mol. The van der Waals surface area contributed by atoms with Crippen LogP contribution in [0.25, 0.3) is 0 Å². The summed E-state index contributed by atoms with van der Waals surface area (Å²) in [6.07, 6.45) is 2.03. The van der Waals surface area contributed by atoms with E-state index in [4.69, 9.17) is 28.6 Å². The molecule has 0 unspecified atom stereocenters. The molecule has 2 aromatic carbocycles.